The molecule has 94 valence electrons. The van der Waals surface area contributed by atoms with E-state index >= 15 is 0 Å². The summed E-state index contributed by atoms with van der Waals surface area (Å²) in [6.45, 7) is 0.957. The number of hydrogen-bond donors (Lipinski definition) is 0. The van der Waals surface area contributed by atoms with E-state index in [2.05, 4.69) is 40.2 Å². The van der Waals surface area contributed by atoms with E-state index in [0.717, 1.165) is 25.2 Å². The van der Waals surface area contributed by atoms with Crippen molar-refractivity contribution in [3.05, 3.63) is 53.7 Å². The van der Waals surface area contributed by atoms with Crippen LogP contribution in [0.1, 0.15) is 24.1 Å². The van der Waals surface area contributed by atoms with E-state index in [-0.39, 0.29) is 0 Å². The molecular weight excluding hydrogens is 234 g/mol. The normalized spacial score (nSPS) is 14.4. The summed E-state index contributed by atoms with van der Waals surface area (Å²) in [7, 11) is 0. The van der Waals surface area contributed by atoms with Gasteiger partial charge in [-0.3, -0.25) is 0 Å². The van der Waals surface area contributed by atoms with Gasteiger partial charge < -0.3 is 4.90 Å². The van der Waals surface area contributed by atoms with Crippen LogP contribution < -0.4 is 4.90 Å². The largest absolute Gasteiger partial charge is 0.326 e. The first-order valence-corrected chi connectivity index (χ1v) is 6.61. The van der Waals surface area contributed by atoms with Crippen molar-refractivity contribution in [1.29, 1.82) is 5.26 Å². The molecule has 1 aliphatic heterocycles. The second-order valence-corrected chi connectivity index (χ2v) is 4.73. The van der Waals surface area contributed by atoms with Crippen molar-refractivity contribution < 1.29 is 0 Å². The molecule has 19 heavy (non-hydrogen) atoms. The van der Waals surface area contributed by atoms with Crippen molar-refractivity contribution in [3.63, 3.8) is 0 Å². The third-order valence-corrected chi connectivity index (χ3v) is 3.49. The fraction of sp³-hybridized carbons (Fsp3) is 0.250. The fourth-order valence-electron chi connectivity index (χ4n) is 2.57. The van der Waals surface area contributed by atoms with Gasteiger partial charge in [0.25, 0.3) is 0 Å². The number of anilines is 2. The Kier molecular flexibility index (Phi) is 3.16. The van der Waals surface area contributed by atoms with Gasteiger partial charge in [0.05, 0.1) is 0 Å². The van der Waals surface area contributed by atoms with Crippen molar-refractivity contribution in [1.82, 2.24) is 4.98 Å². The number of hydrogen-bond acceptors (Lipinski definition) is 3. The summed E-state index contributed by atoms with van der Waals surface area (Å²) in [6.07, 6.45) is 3.46. The zero-order chi connectivity index (χ0) is 13.1. The zero-order valence-corrected chi connectivity index (χ0v) is 10.7. The fourth-order valence-corrected chi connectivity index (χ4v) is 2.57. The predicted molar refractivity (Wildman–Crippen MR) is 75.3 cm³/mol. The molecule has 3 heteroatoms. The summed E-state index contributed by atoms with van der Waals surface area (Å²) in [5.74, 6) is 0.869. The summed E-state index contributed by atoms with van der Waals surface area (Å²) in [4.78, 5) is 6.65. The summed E-state index contributed by atoms with van der Waals surface area (Å²) in [5.41, 5.74) is 3.06. The lowest BCUT2D eigenvalue weighted by atomic mass is 10.1. The van der Waals surface area contributed by atoms with E-state index in [0.29, 0.717) is 5.69 Å². The zero-order valence-electron chi connectivity index (χ0n) is 10.7. The van der Waals surface area contributed by atoms with Crippen LogP contribution in [0.4, 0.5) is 11.5 Å². The smallest absolute Gasteiger partial charge is 0.142 e. The van der Waals surface area contributed by atoms with Crippen molar-refractivity contribution in [2.45, 2.75) is 19.3 Å². The maximum Gasteiger partial charge on any atom is 0.142 e. The molecule has 3 rings (SSSR count). The van der Waals surface area contributed by atoms with E-state index in [4.69, 9.17) is 5.26 Å². The molecule has 1 aliphatic rings. The van der Waals surface area contributed by atoms with E-state index in [1.807, 2.05) is 12.1 Å². The Hall–Kier alpha value is -2.34. The van der Waals surface area contributed by atoms with Crippen molar-refractivity contribution in [2.24, 2.45) is 0 Å². The number of nitriles is 1. The van der Waals surface area contributed by atoms with Gasteiger partial charge in [0.2, 0.25) is 0 Å². The van der Waals surface area contributed by atoms with E-state index < -0.39 is 0 Å². The van der Waals surface area contributed by atoms with Crippen LogP contribution in [-0.2, 0) is 6.42 Å². The Morgan fingerprint density at radius 2 is 1.95 bits per heavy atom. The van der Waals surface area contributed by atoms with Crippen LogP contribution in [0, 0.1) is 11.3 Å². The molecule has 0 aliphatic carbocycles. The lowest BCUT2D eigenvalue weighted by molar-refractivity contribution is 0.757. The highest BCUT2D eigenvalue weighted by atomic mass is 15.2. The quantitative estimate of drug-likeness (QED) is 0.777. The molecular formula is C16H15N3. The monoisotopic (exact) mass is 249 g/mol. The molecule has 1 aromatic carbocycles. The molecule has 0 bridgehead atoms. The first-order chi connectivity index (χ1) is 9.38. The summed E-state index contributed by atoms with van der Waals surface area (Å²) >= 11 is 0. The molecule has 2 aromatic rings. The molecule has 2 heterocycles. The van der Waals surface area contributed by atoms with Crippen molar-refractivity contribution in [2.75, 3.05) is 11.4 Å². The van der Waals surface area contributed by atoms with Crippen LogP contribution in [0.2, 0.25) is 0 Å². The van der Waals surface area contributed by atoms with Crippen LogP contribution >= 0.6 is 0 Å². The number of aryl methyl sites for hydroxylation is 1. The minimum atomic E-state index is 0.472. The first kappa shape index (κ1) is 11.7. The lowest BCUT2D eigenvalue weighted by Crippen LogP contribution is -2.19. The van der Waals surface area contributed by atoms with Gasteiger partial charge in [0.1, 0.15) is 17.6 Å². The number of rotatable bonds is 1. The van der Waals surface area contributed by atoms with Crippen LogP contribution in [0.25, 0.3) is 0 Å². The van der Waals surface area contributed by atoms with Gasteiger partial charge in [-0.05, 0) is 43.0 Å². The summed E-state index contributed by atoms with van der Waals surface area (Å²) in [5, 5.41) is 8.98. The SMILES string of the molecule is N#Cc1cccc(N2CCCCc3ccccc32)n1. The number of benzene rings is 1. The van der Waals surface area contributed by atoms with Crippen molar-refractivity contribution in [3.8, 4) is 6.07 Å². The third kappa shape index (κ3) is 2.30. The molecule has 0 atom stereocenters. The molecule has 1 aromatic heterocycles. The molecule has 0 N–H and O–H groups in total. The Morgan fingerprint density at radius 3 is 2.84 bits per heavy atom. The number of para-hydroxylation sites is 1. The molecule has 0 amide bonds. The highest BCUT2D eigenvalue weighted by Crippen LogP contribution is 2.31. The molecule has 0 unspecified atom stereocenters. The maximum absolute atomic E-state index is 8.98. The predicted octanol–water partition coefficient (Wildman–Crippen LogP) is 3.43. The minimum absolute atomic E-state index is 0.472. The molecule has 0 saturated heterocycles. The highest BCUT2D eigenvalue weighted by Gasteiger charge is 2.17. The van der Waals surface area contributed by atoms with Crippen LogP contribution in [-0.4, -0.2) is 11.5 Å². The number of aromatic nitrogens is 1. The standard InChI is InChI=1S/C16H15N3/c17-12-14-8-5-10-16(18-14)19-11-4-3-7-13-6-1-2-9-15(13)19/h1-2,5-6,8-10H,3-4,7,11H2. The van der Waals surface area contributed by atoms with Gasteiger partial charge in [0, 0.05) is 12.2 Å². The van der Waals surface area contributed by atoms with Gasteiger partial charge in [-0.15, -0.1) is 0 Å². The molecule has 0 radical (unpaired) electrons. The average Bonchev–Trinajstić information content (AvgIpc) is 2.69. The second kappa shape index (κ2) is 5.11. The van der Waals surface area contributed by atoms with Gasteiger partial charge in [-0.2, -0.15) is 5.26 Å². The Labute approximate surface area is 113 Å². The lowest BCUT2D eigenvalue weighted by Gasteiger charge is -2.23. The van der Waals surface area contributed by atoms with Gasteiger partial charge in [0.15, 0.2) is 0 Å². The number of nitrogens with zero attached hydrogens (tertiary/aromatic N) is 3. The Bertz CT molecular complexity index is 628. The van der Waals surface area contributed by atoms with E-state index in [1.54, 1.807) is 6.07 Å². The molecule has 3 nitrogen and oxygen atoms in total. The van der Waals surface area contributed by atoms with Gasteiger partial charge in [-0.25, -0.2) is 4.98 Å². The van der Waals surface area contributed by atoms with Crippen molar-refractivity contribution >= 4 is 11.5 Å². The average molecular weight is 249 g/mol. The highest BCUT2D eigenvalue weighted by molar-refractivity contribution is 5.64. The Morgan fingerprint density at radius 1 is 1.05 bits per heavy atom. The first-order valence-electron chi connectivity index (χ1n) is 6.61. The summed E-state index contributed by atoms with van der Waals surface area (Å²) in [6, 6.07) is 16.2. The second-order valence-electron chi connectivity index (χ2n) is 4.73. The number of pyridine rings is 1. The third-order valence-electron chi connectivity index (χ3n) is 3.49. The molecule has 0 saturated carbocycles. The van der Waals surface area contributed by atoms with E-state index in [1.165, 1.54) is 17.7 Å². The van der Waals surface area contributed by atoms with Gasteiger partial charge >= 0.3 is 0 Å². The molecule has 0 spiro atoms. The van der Waals surface area contributed by atoms with Crippen LogP contribution in [0.5, 0.6) is 0 Å². The topological polar surface area (TPSA) is 39.9 Å². The van der Waals surface area contributed by atoms with Gasteiger partial charge in [-0.1, -0.05) is 24.3 Å². The number of fused-ring (bicyclic) bond motifs is 1. The summed E-state index contributed by atoms with van der Waals surface area (Å²) < 4.78 is 0. The maximum atomic E-state index is 8.98. The minimum Gasteiger partial charge on any atom is -0.326 e. The van der Waals surface area contributed by atoms with E-state index in [9.17, 15) is 0 Å². The van der Waals surface area contributed by atoms with Crippen LogP contribution in [0.3, 0.4) is 0 Å². The molecule has 0 fully saturated rings. The van der Waals surface area contributed by atoms with Crippen LogP contribution in [0.15, 0.2) is 42.5 Å². The Balaban J connectivity index is 2.07.